The number of nitrogens with one attached hydrogen (secondary N) is 2. The van der Waals surface area contributed by atoms with Crippen LogP contribution in [0.1, 0.15) is 0 Å². The van der Waals surface area contributed by atoms with E-state index in [1.807, 2.05) is 54.6 Å². The molecule has 0 atom stereocenters. The predicted octanol–water partition coefficient (Wildman–Crippen LogP) is 9.06. The number of hydrogen-bond donors (Lipinski definition) is 2. The molecule has 2 aliphatic heterocycles. The molecular weight excluding hydrogens is 782 g/mol. The first-order chi connectivity index (χ1) is 22.3. The highest BCUT2D eigenvalue weighted by Crippen LogP contribution is 2.39. The van der Waals surface area contributed by atoms with Crippen molar-refractivity contribution in [1.82, 2.24) is 39.9 Å². The Morgan fingerprint density at radius 2 is 0.891 bits per heavy atom. The fraction of sp³-hybridized carbons (Fsp3) is 0. The minimum Gasteiger partial charge on any atom is -0.324 e. The van der Waals surface area contributed by atoms with Gasteiger partial charge in [0.05, 0.1) is 4.92 Å². The molecule has 4 aromatic carbocycles. The van der Waals surface area contributed by atoms with E-state index in [2.05, 4.69) is 57.8 Å². The molecule has 0 radical (unpaired) electrons. The third-order valence-corrected chi connectivity index (χ3v) is 9.39. The van der Waals surface area contributed by atoms with E-state index in [1.54, 1.807) is 6.07 Å². The average molecular weight is 796 g/mol. The van der Waals surface area contributed by atoms with Crippen LogP contribution >= 0.6 is 47.8 Å². The summed E-state index contributed by atoms with van der Waals surface area (Å²) >= 11 is 10.8. The number of hydrogen-bond acceptors (Lipinski definition) is 8. The number of nitro benzene ring substituents is 1. The van der Waals surface area contributed by atoms with Crippen molar-refractivity contribution in [3.8, 4) is 45.6 Å². The van der Waals surface area contributed by atoms with Gasteiger partial charge >= 0.3 is 0 Å². The van der Waals surface area contributed by atoms with Crippen molar-refractivity contribution in [1.29, 1.82) is 0 Å². The second-order valence-electron chi connectivity index (χ2n) is 10.7. The maximum absolute atomic E-state index is 11.8. The Hall–Kier alpha value is -4.92. The maximum atomic E-state index is 11.8. The molecule has 11 nitrogen and oxygen atoms in total. The lowest BCUT2D eigenvalue weighted by atomic mass is 10.1. The lowest BCUT2D eigenvalue weighted by Crippen LogP contribution is -1.87. The van der Waals surface area contributed by atoms with E-state index >= 15 is 0 Å². The molecule has 8 bridgehead atoms. The van der Waals surface area contributed by atoms with Gasteiger partial charge in [0.15, 0.2) is 23.3 Å². The van der Waals surface area contributed by atoms with Gasteiger partial charge in [0.2, 0.25) is 0 Å². The summed E-state index contributed by atoms with van der Waals surface area (Å²) in [7, 11) is 0. The quantitative estimate of drug-likeness (QED) is 0.123. The van der Waals surface area contributed by atoms with Gasteiger partial charge in [-0.1, -0.05) is 47.8 Å². The summed E-state index contributed by atoms with van der Waals surface area (Å²) in [6.07, 6.45) is 0. The van der Waals surface area contributed by atoms with Crippen LogP contribution in [0.4, 0.5) is 5.69 Å². The predicted molar refractivity (Wildman–Crippen MR) is 186 cm³/mol. The van der Waals surface area contributed by atoms with Crippen molar-refractivity contribution >= 4 is 97.6 Å². The Morgan fingerprint density at radius 1 is 0.478 bits per heavy atom. The van der Waals surface area contributed by atoms with Crippen LogP contribution in [0.2, 0.25) is 0 Å². The summed E-state index contributed by atoms with van der Waals surface area (Å²) < 4.78 is 2.61. The van der Waals surface area contributed by atoms with Gasteiger partial charge in [-0.2, -0.15) is 0 Å². The number of aromatic nitrogens is 8. The highest BCUT2D eigenvalue weighted by Gasteiger charge is 2.23. The van der Waals surface area contributed by atoms with E-state index in [-0.39, 0.29) is 5.69 Å². The summed E-state index contributed by atoms with van der Waals surface area (Å²) in [4.78, 5) is 47.7. The standard InChI is InChI=1S/C32H14Br3N9O2/c33-13-1-5-17-21(9-13)29-36-25(17)38-30-23-11-15(35)3-7-19(23)27(40-30)42-32-24-12-16(44(45)46)4-8-20(24)28(43-32)41-31-22-10-14(34)2-6-18(22)26(37-29)39-31/h1-12H,(H2,36,37,38,39,40,41,42,43). The zero-order valence-electron chi connectivity index (χ0n) is 23.0. The van der Waals surface area contributed by atoms with E-state index in [9.17, 15) is 10.1 Å². The smallest absolute Gasteiger partial charge is 0.270 e. The Kier molecular flexibility index (Phi) is 5.98. The number of fused-ring (bicyclic) bond motifs is 20. The molecule has 2 N–H and O–H groups in total. The molecule has 0 amide bonds. The van der Waals surface area contributed by atoms with Crippen LogP contribution in [-0.2, 0) is 0 Å². The maximum Gasteiger partial charge on any atom is 0.270 e. The normalized spacial score (nSPS) is 12.0. The summed E-state index contributed by atoms with van der Waals surface area (Å²) in [6.45, 7) is 0. The van der Waals surface area contributed by atoms with Gasteiger partial charge in [0.1, 0.15) is 22.6 Å². The molecule has 0 aliphatic carbocycles. The number of aromatic amines is 2. The number of non-ortho nitro benzene ring substituents is 1. The molecule has 3 aromatic heterocycles. The second kappa shape index (κ2) is 10.0. The topological polar surface area (TPSA) is 152 Å². The molecule has 2 aliphatic rings. The van der Waals surface area contributed by atoms with Crippen LogP contribution in [-0.4, -0.2) is 44.8 Å². The van der Waals surface area contributed by atoms with Crippen LogP contribution < -0.4 is 0 Å². The molecule has 0 unspecified atom stereocenters. The van der Waals surface area contributed by atoms with Crippen LogP contribution in [0.15, 0.2) is 86.2 Å². The van der Waals surface area contributed by atoms with Crippen molar-refractivity contribution < 1.29 is 4.92 Å². The van der Waals surface area contributed by atoms with Gasteiger partial charge in [-0.15, -0.1) is 0 Å². The number of nitrogens with zero attached hydrogens (tertiary/aromatic N) is 7. The first kappa shape index (κ1) is 27.4. The molecular formula is C32H14Br3N9O2. The summed E-state index contributed by atoms with van der Waals surface area (Å²) in [5.74, 6) is 1.76. The fourth-order valence-electron chi connectivity index (χ4n) is 5.81. The van der Waals surface area contributed by atoms with E-state index < -0.39 is 4.92 Å². The van der Waals surface area contributed by atoms with Crippen molar-refractivity contribution in [2.75, 3.05) is 0 Å². The van der Waals surface area contributed by atoms with Crippen molar-refractivity contribution in [3.63, 3.8) is 0 Å². The Labute approximate surface area is 282 Å². The summed E-state index contributed by atoms with van der Waals surface area (Å²) in [6, 6.07) is 22.1. The van der Waals surface area contributed by atoms with Crippen molar-refractivity contribution in [2.24, 2.45) is 0 Å². The second-order valence-corrected chi connectivity index (χ2v) is 13.4. The van der Waals surface area contributed by atoms with Crippen molar-refractivity contribution in [2.45, 2.75) is 0 Å². The minimum atomic E-state index is -0.432. The monoisotopic (exact) mass is 793 g/mol. The first-order valence-electron chi connectivity index (χ1n) is 13.8. The van der Waals surface area contributed by atoms with E-state index in [0.717, 1.165) is 46.4 Å². The molecule has 46 heavy (non-hydrogen) atoms. The lowest BCUT2D eigenvalue weighted by molar-refractivity contribution is -0.384. The van der Waals surface area contributed by atoms with Gasteiger partial charge in [0, 0.05) is 69.3 Å². The van der Waals surface area contributed by atoms with Crippen molar-refractivity contribution in [3.05, 3.63) is 96.3 Å². The third-order valence-electron chi connectivity index (χ3n) is 7.91. The van der Waals surface area contributed by atoms with Gasteiger partial charge in [-0.3, -0.25) is 10.1 Å². The SMILES string of the molecule is O=[N+]([O-])c1ccc2c3nc4nc(nc5[nH]c(nc6nc(nc([nH]3)c2c1)-c1ccc(Br)cc1-6)c1ccc(Br)cc51)-c1ccc(Br)cc1-4. The lowest BCUT2D eigenvalue weighted by Gasteiger charge is -1.99. The molecule has 0 fully saturated rings. The number of H-pyrrole nitrogens is 2. The summed E-state index contributed by atoms with van der Waals surface area (Å²) in [5, 5.41) is 14.6. The van der Waals surface area contributed by atoms with Crippen LogP contribution in [0, 0.1) is 10.1 Å². The molecule has 0 saturated carbocycles. The minimum absolute atomic E-state index is 0.0666. The zero-order chi connectivity index (χ0) is 31.3. The molecule has 7 aromatic rings. The number of rotatable bonds is 1. The number of nitro groups is 1. The molecule has 220 valence electrons. The highest BCUT2D eigenvalue weighted by molar-refractivity contribution is 9.11. The summed E-state index contributed by atoms with van der Waals surface area (Å²) in [5.41, 5.74) is 5.03. The zero-order valence-corrected chi connectivity index (χ0v) is 27.8. The van der Waals surface area contributed by atoms with Crippen LogP contribution in [0.3, 0.4) is 0 Å². The van der Waals surface area contributed by atoms with Gasteiger partial charge in [0.25, 0.3) is 5.69 Å². The molecule has 5 heterocycles. The first-order valence-corrected chi connectivity index (χ1v) is 16.2. The Morgan fingerprint density at radius 3 is 1.41 bits per heavy atom. The van der Waals surface area contributed by atoms with Gasteiger partial charge in [-0.05, 0) is 60.7 Å². The number of benzene rings is 4. The van der Waals surface area contributed by atoms with Gasteiger partial charge in [-0.25, -0.2) is 29.9 Å². The third kappa shape index (κ3) is 4.28. The Balaban J connectivity index is 1.50. The molecule has 0 spiro atoms. The average Bonchev–Trinajstić information content (AvgIpc) is 3.75. The molecule has 14 heteroatoms. The number of halogens is 3. The van der Waals surface area contributed by atoms with E-state index in [4.69, 9.17) is 29.9 Å². The molecule has 9 rings (SSSR count). The molecule has 0 saturated heterocycles. The van der Waals surface area contributed by atoms with Crippen LogP contribution in [0.5, 0.6) is 0 Å². The largest absolute Gasteiger partial charge is 0.324 e. The highest BCUT2D eigenvalue weighted by atomic mass is 79.9. The van der Waals surface area contributed by atoms with E-state index in [0.29, 0.717) is 56.7 Å². The van der Waals surface area contributed by atoms with E-state index in [1.165, 1.54) is 12.1 Å². The van der Waals surface area contributed by atoms with Crippen LogP contribution in [0.25, 0.3) is 89.7 Å². The Bertz CT molecular complexity index is 2680. The van der Waals surface area contributed by atoms with Gasteiger partial charge < -0.3 is 9.97 Å². The fourth-order valence-corrected chi connectivity index (χ4v) is 6.90.